The maximum atomic E-state index is 12.9. The number of unbranched alkanes of at least 4 members (excludes halogenated alkanes) is 64. The second-order valence-electron chi connectivity index (χ2n) is 32.3. The molecule has 0 spiro atoms. The highest BCUT2D eigenvalue weighted by atomic mass is 31.2. The van der Waals surface area contributed by atoms with Gasteiger partial charge in [-0.2, -0.15) is 0 Å². The van der Waals surface area contributed by atoms with Crippen molar-refractivity contribution in [1.29, 1.82) is 0 Å². The molecule has 0 amide bonds. The van der Waals surface area contributed by atoms with Gasteiger partial charge in [-0.05, 0) is 77.0 Å². The van der Waals surface area contributed by atoms with Gasteiger partial charge in [0.25, 0.3) is 7.82 Å². The minimum Gasteiger partial charge on any atom is -0.756 e. The third-order valence-electron chi connectivity index (χ3n) is 20.8. The predicted octanol–water partition coefficient (Wildman–Crippen LogP) is 30.0. The molecule has 2 atom stereocenters. The number of quaternary nitrogens is 1. The molecule has 2 unspecified atom stereocenters. The van der Waals surface area contributed by atoms with Gasteiger partial charge in [0, 0.05) is 12.8 Å². The molecule has 0 rings (SSSR count). The van der Waals surface area contributed by atoms with Crippen LogP contribution in [0.15, 0.2) is 48.6 Å². The number of allylic oxidation sites excluding steroid dienone is 8. The minimum atomic E-state index is -4.65. The topological polar surface area (TPSA) is 111 Å². The van der Waals surface area contributed by atoms with Gasteiger partial charge in [0.15, 0.2) is 6.10 Å². The number of phosphoric acid groups is 1. The lowest BCUT2D eigenvalue weighted by Crippen LogP contribution is -2.37. The molecule has 9 nitrogen and oxygen atoms in total. The van der Waals surface area contributed by atoms with Gasteiger partial charge in [-0.1, -0.05) is 435 Å². The Morgan fingerprint density at radius 2 is 0.529 bits per heavy atom. The molecule has 0 aliphatic carbocycles. The van der Waals surface area contributed by atoms with Crippen LogP contribution < -0.4 is 4.89 Å². The van der Waals surface area contributed by atoms with E-state index in [1.807, 2.05) is 21.1 Å². The van der Waals surface area contributed by atoms with Crippen LogP contribution in [0.5, 0.6) is 0 Å². The maximum Gasteiger partial charge on any atom is 0.306 e. The number of rotatable bonds is 86. The average molecular weight is 1460 g/mol. The van der Waals surface area contributed by atoms with Gasteiger partial charge in [-0.3, -0.25) is 14.2 Å². The van der Waals surface area contributed by atoms with Crippen molar-refractivity contribution < 1.29 is 42.1 Å². The Morgan fingerprint density at radius 3 is 0.794 bits per heavy atom. The molecule has 602 valence electrons. The summed E-state index contributed by atoms with van der Waals surface area (Å²) in [5.41, 5.74) is 0. The number of hydrogen-bond acceptors (Lipinski definition) is 8. The van der Waals surface area contributed by atoms with Crippen LogP contribution in [-0.2, 0) is 32.7 Å². The number of phosphoric ester groups is 1. The van der Waals surface area contributed by atoms with Crippen LogP contribution >= 0.6 is 7.82 Å². The predicted molar refractivity (Wildman–Crippen MR) is 444 cm³/mol. The molecule has 0 aromatic heterocycles. The van der Waals surface area contributed by atoms with Crippen LogP contribution in [0, 0.1) is 0 Å². The molecule has 0 aliphatic heterocycles. The first-order valence-corrected chi connectivity index (χ1v) is 46.8. The van der Waals surface area contributed by atoms with Gasteiger partial charge in [0.1, 0.15) is 19.8 Å². The zero-order chi connectivity index (χ0) is 74.0. The first-order valence-electron chi connectivity index (χ1n) is 45.3. The second kappa shape index (κ2) is 83.0. The van der Waals surface area contributed by atoms with Crippen molar-refractivity contribution in [2.24, 2.45) is 0 Å². The fraction of sp³-hybridized carbons (Fsp3) is 0.891. The first-order chi connectivity index (χ1) is 50.0. The van der Waals surface area contributed by atoms with E-state index in [1.54, 1.807) is 0 Å². The quantitative estimate of drug-likeness (QED) is 0.0195. The number of carbonyl (C=O) groups is 2. The van der Waals surface area contributed by atoms with Gasteiger partial charge in [-0.25, -0.2) is 0 Å². The zero-order valence-corrected chi connectivity index (χ0v) is 70.0. The largest absolute Gasteiger partial charge is 0.756 e. The number of ether oxygens (including phenoxy) is 2. The second-order valence-corrected chi connectivity index (χ2v) is 33.7. The minimum absolute atomic E-state index is 0.0271. The van der Waals surface area contributed by atoms with Gasteiger partial charge >= 0.3 is 11.9 Å². The summed E-state index contributed by atoms with van der Waals surface area (Å²) in [7, 11) is 1.19. The lowest BCUT2D eigenvalue weighted by molar-refractivity contribution is -0.870. The van der Waals surface area contributed by atoms with Crippen LogP contribution in [-0.4, -0.2) is 70.0 Å². The van der Waals surface area contributed by atoms with Gasteiger partial charge in [0.05, 0.1) is 27.7 Å². The highest BCUT2D eigenvalue weighted by Crippen LogP contribution is 2.38. The van der Waals surface area contributed by atoms with Crippen molar-refractivity contribution in [2.75, 3.05) is 47.5 Å². The lowest BCUT2D eigenvalue weighted by Gasteiger charge is -2.28. The van der Waals surface area contributed by atoms with Crippen molar-refractivity contribution in [3.05, 3.63) is 48.6 Å². The molecule has 0 saturated carbocycles. The Balaban J connectivity index is 3.84. The monoisotopic (exact) mass is 1450 g/mol. The van der Waals surface area contributed by atoms with E-state index in [0.717, 1.165) is 44.9 Å². The zero-order valence-electron chi connectivity index (χ0n) is 69.1. The first kappa shape index (κ1) is 100.0. The van der Waals surface area contributed by atoms with Gasteiger partial charge in [-0.15, -0.1) is 0 Å². The average Bonchev–Trinajstić information content (AvgIpc) is 0.916. The number of hydrogen-bond donors (Lipinski definition) is 0. The van der Waals surface area contributed by atoms with Crippen LogP contribution in [0.25, 0.3) is 0 Å². The van der Waals surface area contributed by atoms with Crippen LogP contribution in [0.4, 0.5) is 0 Å². The van der Waals surface area contributed by atoms with Crippen molar-refractivity contribution in [3.8, 4) is 0 Å². The number of likely N-dealkylation sites (N-methyl/N-ethyl adjacent to an activating group) is 1. The normalized spacial score (nSPS) is 13.1. The van der Waals surface area contributed by atoms with E-state index < -0.39 is 26.5 Å². The number of carbonyl (C=O) groups excluding carboxylic acids is 2. The summed E-state index contributed by atoms with van der Waals surface area (Å²) in [6.45, 7) is 4.32. The summed E-state index contributed by atoms with van der Waals surface area (Å²) < 4.78 is 34.5. The van der Waals surface area contributed by atoms with Crippen molar-refractivity contribution in [2.45, 2.75) is 482 Å². The molecule has 0 aromatic rings. The summed E-state index contributed by atoms with van der Waals surface area (Å²) in [4.78, 5) is 38.3. The molecule has 0 heterocycles. The van der Waals surface area contributed by atoms with E-state index in [1.165, 1.54) is 398 Å². The molecule has 0 saturated heterocycles. The van der Waals surface area contributed by atoms with Crippen molar-refractivity contribution >= 4 is 19.8 Å². The number of esters is 2. The molecule has 0 aliphatic rings. The molecule has 0 N–H and O–H groups in total. The van der Waals surface area contributed by atoms with E-state index in [2.05, 4.69) is 62.5 Å². The molecule has 0 fully saturated rings. The van der Waals surface area contributed by atoms with Crippen molar-refractivity contribution in [3.63, 3.8) is 0 Å². The van der Waals surface area contributed by atoms with Crippen LogP contribution in [0.3, 0.4) is 0 Å². The molecule has 0 aromatic carbocycles. The Kier molecular flexibility index (Phi) is 81.4. The Labute approximate surface area is 636 Å². The summed E-state index contributed by atoms with van der Waals surface area (Å²) in [5, 5.41) is 0. The SMILES string of the molecule is CCCCCCC/C=C\C/C=C\C/C=C\CCCCCCCCCCCCCCCCCCCCCCCCCCCCC(=O)OC(COC(=O)CCCCCCCCCCCCCCCCCCCCCCCCCCC/C=C\CCCCCCCCCC)COP(=O)([O-])OCC[N+](C)(C)C. The fourth-order valence-corrected chi connectivity index (χ4v) is 14.6. The van der Waals surface area contributed by atoms with Crippen molar-refractivity contribution in [1.82, 2.24) is 0 Å². The molecule has 10 heteroatoms. The van der Waals surface area contributed by atoms with Gasteiger partial charge < -0.3 is 27.9 Å². The molecule has 0 bridgehead atoms. The molecule has 102 heavy (non-hydrogen) atoms. The van der Waals surface area contributed by atoms with Crippen LogP contribution in [0.2, 0.25) is 0 Å². The fourth-order valence-electron chi connectivity index (χ4n) is 13.9. The van der Waals surface area contributed by atoms with E-state index in [0.29, 0.717) is 17.4 Å². The van der Waals surface area contributed by atoms with E-state index >= 15 is 0 Å². The van der Waals surface area contributed by atoms with Gasteiger partial charge in [0.2, 0.25) is 0 Å². The lowest BCUT2D eigenvalue weighted by atomic mass is 10.0. The maximum absolute atomic E-state index is 12.9. The van der Waals surface area contributed by atoms with Crippen LogP contribution in [0.1, 0.15) is 476 Å². The van der Waals surface area contributed by atoms with E-state index in [-0.39, 0.29) is 32.0 Å². The Hall–Kier alpha value is -2.03. The summed E-state index contributed by atoms with van der Waals surface area (Å²) >= 11 is 0. The smallest absolute Gasteiger partial charge is 0.306 e. The highest BCUT2D eigenvalue weighted by molar-refractivity contribution is 7.45. The highest BCUT2D eigenvalue weighted by Gasteiger charge is 2.22. The number of nitrogens with zero attached hydrogens (tertiary/aromatic N) is 1. The Morgan fingerprint density at radius 1 is 0.304 bits per heavy atom. The van der Waals surface area contributed by atoms with E-state index in [4.69, 9.17) is 18.5 Å². The molecular formula is C92H176NO8P. The Bertz CT molecular complexity index is 1860. The summed E-state index contributed by atoms with van der Waals surface area (Å²) in [6, 6.07) is 0. The van der Waals surface area contributed by atoms with E-state index in [9.17, 15) is 19.0 Å². The standard InChI is InChI=1S/C92H176NO8P/c1-6-8-10-12-14-16-18-20-22-24-26-28-30-32-34-36-38-40-42-44-45-46-47-49-51-53-55-57-59-61-63-65-67-69-71-73-75-77-79-81-83-85-92(95)101-90(89-100-102(96,97)99-87-86-93(3,4)5)88-98-91(94)84-82-80-78-76-74-72-70-68-66-64-62-60-58-56-54-52-50-48-43-41-39-37-35-33-31-29-27-25-23-21-19-17-15-13-11-9-7-2/h18,20,24-27,30,32,90H,6-17,19,21-23,28-29,31,33-89H2,1-5H3/b20-18-,26-24-,27-25-,32-30-. The third kappa shape index (κ3) is 86.9. The molecular weight excluding hydrogens is 1280 g/mol. The summed E-state index contributed by atoms with van der Waals surface area (Å²) in [5.74, 6) is -0.804. The third-order valence-corrected chi connectivity index (χ3v) is 21.8. The molecule has 0 radical (unpaired) electrons. The summed E-state index contributed by atoms with van der Waals surface area (Å²) in [6.07, 6.45) is 111.